The molecular weight excluding hydrogens is 286 g/mol. The first-order valence-electron chi connectivity index (χ1n) is 8.25. The average molecular weight is 311 g/mol. The molecule has 0 saturated carbocycles. The molecule has 1 N–H and O–H groups in total. The smallest absolute Gasteiger partial charge is 0.261 e. The Morgan fingerprint density at radius 1 is 1.04 bits per heavy atom. The molecule has 0 aliphatic rings. The first kappa shape index (κ1) is 17.1. The number of amides is 1. The molecule has 0 heterocycles. The van der Waals surface area contributed by atoms with Gasteiger partial charge in [0.2, 0.25) is 0 Å². The fourth-order valence-corrected chi connectivity index (χ4v) is 2.42. The quantitative estimate of drug-likeness (QED) is 0.801. The van der Waals surface area contributed by atoms with Gasteiger partial charge < -0.3 is 10.1 Å². The predicted molar refractivity (Wildman–Crippen MR) is 93.5 cm³/mol. The molecule has 0 aromatic heterocycles. The summed E-state index contributed by atoms with van der Waals surface area (Å²) in [6.45, 7) is 4.00. The van der Waals surface area contributed by atoms with Crippen molar-refractivity contribution in [1.82, 2.24) is 5.32 Å². The third kappa shape index (κ3) is 5.78. The van der Waals surface area contributed by atoms with E-state index in [1.165, 1.54) is 5.56 Å². The summed E-state index contributed by atoms with van der Waals surface area (Å²) in [4.78, 5) is 12.4. The van der Waals surface area contributed by atoms with E-state index in [0.29, 0.717) is 6.42 Å². The molecule has 23 heavy (non-hydrogen) atoms. The molecule has 2 atom stereocenters. The number of hydrogen-bond donors (Lipinski definition) is 1. The zero-order chi connectivity index (χ0) is 16.5. The highest BCUT2D eigenvalue weighted by atomic mass is 16.5. The van der Waals surface area contributed by atoms with Crippen LogP contribution in [0.1, 0.15) is 32.3 Å². The van der Waals surface area contributed by atoms with Crippen molar-refractivity contribution in [3.05, 3.63) is 66.2 Å². The van der Waals surface area contributed by atoms with Crippen LogP contribution in [0.4, 0.5) is 0 Å². The van der Waals surface area contributed by atoms with E-state index in [0.717, 1.165) is 18.6 Å². The lowest BCUT2D eigenvalue weighted by molar-refractivity contribution is -0.128. The van der Waals surface area contributed by atoms with Gasteiger partial charge in [-0.15, -0.1) is 0 Å². The molecular formula is C20H25NO2. The lowest BCUT2D eigenvalue weighted by Crippen LogP contribution is -2.42. The van der Waals surface area contributed by atoms with Crippen LogP contribution >= 0.6 is 0 Å². The van der Waals surface area contributed by atoms with Crippen molar-refractivity contribution in [2.75, 3.05) is 0 Å². The van der Waals surface area contributed by atoms with Gasteiger partial charge in [-0.3, -0.25) is 4.79 Å². The molecule has 2 unspecified atom stereocenters. The molecule has 3 nitrogen and oxygen atoms in total. The Kier molecular flexibility index (Phi) is 6.67. The summed E-state index contributed by atoms with van der Waals surface area (Å²) < 4.78 is 5.78. The molecule has 0 fully saturated rings. The summed E-state index contributed by atoms with van der Waals surface area (Å²) in [6, 6.07) is 19.9. The van der Waals surface area contributed by atoms with Crippen LogP contribution in [-0.4, -0.2) is 18.1 Å². The maximum atomic E-state index is 12.4. The molecule has 0 radical (unpaired) electrons. The van der Waals surface area contributed by atoms with Gasteiger partial charge in [0.05, 0.1) is 0 Å². The molecule has 0 aliphatic heterocycles. The molecule has 2 rings (SSSR count). The minimum atomic E-state index is -0.448. The lowest BCUT2D eigenvalue weighted by atomic mass is 10.1. The van der Waals surface area contributed by atoms with E-state index in [4.69, 9.17) is 4.74 Å². The van der Waals surface area contributed by atoms with Crippen molar-refractivity contribution in [2.45, 2.75) is 45.3 Å². The number of ether oxygens (including phenoxy) is 1. The number of benzene rings is 2. The normalized spacial score (nSPS) is 13.1. The van der Waals surface area contributed by atoms with Crippen molar-refractivity contribution in [3.63, 3.8) is 0 Å². The predicted octanol–water partition coefficient (Wildman–Crippen LogP) is 3.98. The van der Waals surface area contributed by atoms with Gasteiger partial charge >= 0.3 is 0 Å². The maximum absolute atomic E-state index is 12.4. The molecule has 0 aliphatic carbocycles. The van der Waals surface area contributed by atoms with Gasteiger partial charge in [0, 0.05) is 6.04 Å². The lowest BCUT2D eigenvalue weighted by Gasteiger charge is -2.20. The molecule has 0 bridgehead atoms. The van der Waals surface area contributed by atoms with Crippen LogP contribution in [-0.2, 0) is 11.2 Å². The second-order valence-corrected chi connectivity index (χ2v) is 5.76. The Balaban J connectivity index is 1.81. The Morgan fingerprint density at radius 2 is 1.65 bits per heavy atom. The second-order valence-electron chi connectivity index (χ2n) is 5.76. The van der Waals surface area contributed by atoms with E-state index in [-0.39, 0.29) is 11.9 Å². The highest BCUT2D eigenvalue weighted by Crippen LogP contribution is 2.13. The zero-order valence-electron chi connectivity index (χ0n) is 13.9. The number of aryl methyl sites for hydroxylation is 1. The number of carbonyl (C=O) groups excluding carboxylic acids is 1. The molecule has 1 amide bonds. The SMILES string of the molecule is CCC(Oc1ccccc1)C(=O)NC(C)CCc1ccccc1. The van der Waals surface area contributed by atoms with Crippen LogP contribution in [0.15, 0.2) is 60.7 Å². The fourth-order valence-electron chi connectivity index (χ4n) is 2.42. The highest BCUT2D eigenvalue weighted by molar-refractivity contribution is 5.81. The number of hydrogen-bond acceptors (Lipinski definition) is 2. The monoisotopic (exact) mass is 311 g/mol. The average Bonchev–Trinajstić information content (AvgIpc) is 2.59. The van der Waals surface area contributed by atoms with E-state index < -0.39 is 6.10 Å². The maximum Gasteiger partial charge on any atom is 0.261 e. The van der Waals surface area contributed by atoms with Crippen LogP contribution in [0.2, 0.25) is 0 Å². The van der Waals surface area contributed by atoms with Gasteiger partial charge in [-0.2, -0.15) is 0 Å². The second kappa shape index (κ2) is 8.99. The van der Waals surface area contributed by atoms with Crippen molar-refractivity contribution in [3.8, 4) is 5.75 Å². The molecule has 2 aromatic carbocycles. The Bertz CT molecular complexity index is 583. The summed E-state index contributed by atoms with van der Waals surface area (Å²) >= 11 is 0. The first-order chi connectivity index (χ1) is 11.2. The fraction of sp³-hybridized carbons (Fsp3) is 0.350. The summed E-state index contributed by atoms with van der Waals surface area (Å²) in [5, 5.41) is 3.06. The Hall–Kier alpha value is -2.29. The molecule has 2 aromatic rings. The van der Waals surface area contributed by atoms with Crippen molar-refractivity contribution >= 4 is 5.91 Å². The topological polar surface area (TPSA) is 38.3 Å². The van der Waals surface area contributed by atoms with Gasteiger partial charge in [-0.25, -0.2) is 0 Å². The highest BCUT2D eigenvalue weighted by Gasteiger charge is 2.19. The third-order valence-corrected chi connectivity index (χ3v) is 3.78. The number of carbonyl (C=O) groups is 1. The van der Waals surface area contributed by atoms with Crippen LogP contribution in [0.3, 0.4) is 0 Å². The minimum absolute atomic E-state index is 0.0445. The minimum Gasteiger partial charge on any atom is -0.481 e. The van der Waals surface area contributed by atoms with Crippen molar-refractivity contribution < 1.29 is 9.53 Å². The van der Waals surface area contributed by atoms with E-state index in [1.807, 2.05) is 62.4 Å². The van der Waals surface area contributed by atoms with Crippen LogP contribution < -0.4 is 10.1 Å². The van der Waals surface area contributed by atoms with E-state index in [9.17, 15) is 4.79 Å². The summed E-state index contributed by atoms with van der Waals surface area (Å²) in [7, 11) is 0. The zero-order valence-corrected chi connectivity index (χ0v) is 13.9. The van der Waals surface area contributed by atoms with E-state index >= 15 is 0 Å². The van der Waals surface area contributed by atoms with Gasteiger partial charge in [-0.05, 0) is 43.9 Å². The number of rotatable bonds is 8. The number of nitrogens with one attached hydrogen (secondary N) is 1. The largest absolute Gasteiger partial charge is 0.481 e. The van der Waals surface area contributed by atoms with Gasteiger partial charge in [-0.1, -0.05) is 55.5 Å². The summed E-state index contributed by atoms with van der Waals surface area (Å²) in [5.74, 6) is 0.684. The first-order valence-corrected chi connectivity index (χ1v) is 8.25. The van der Waals surface area contributed by atoms with E-state index in [1.54, 1.807) is 0 Å². The van der Waals surface area contributed by atoms with Gasteiger partial charge in [0.1, 0.15) is 5.75 Å². The van der Waals surface area contributed by atoms with Crippen molar-refractivity contribution in [1.29, 1.82) is 0 Å². The van der Waals surface area contributed by atoms with E-state index in [2.05, 4.69) is 17.4 Å². The van der Waals surface area contributed by atoms with Crippen molar-refractivity contribution in [2.24, 2.45) is 0 Å². The molecule has 122 valence electrons. The molecule has 0 saturated heterocycles. The number of para-hydroxylation sites is 1. The summed E-state index contributed by atoms with van der Waals surface area (Å²) in [5.41, 5.74) is 1.29. The summed E-state index contributed by atoms with van der Waals surface area (Å²) in [6.07, 6.45) is 2.07. The Morgan fingerprint density at radius 3 is 2.26 bits per heavy atom. The third-order valence-electron chi connectivity index (χ3n) is 3.78. The van der Waals surface area contributed by atoms with Gasteiger partial charge in [0.25, 0.3) is 5.91 Å². The van der Waals surface area contributed by atoms with Gasteiger partial charge in [0.15, 0.2) is 6.10 Å². The van der Waals surface area contributed by atoms with Crippen LogP contribution in [0, 0.1) is 0 Å². The standard InChI is InChI=1S/C20H25NO2/c1-3-19(23-18-12-8-5-9-13-18)20(22)21-16(2)14-15-17-10-6-4-7-11-17/h4-13,16,19H,3,14-15H2,1-2H3,(H,21,22). The van der Waals surface area contributed by atoms with Crippen LogP contribution in [0.25, 0.3) is 0 Å². The Labute approximate surface area is 138 Å². The van der Waals surface area contributed by atoms with Crippen LogP contribution in [0.5, 0.6) is 5.75 Å². The molecule has 0 spiro atoms. The molecule has 3 heteroatoms.